The lowest BCUT2D eigenvalue weighted by Gasteiger charge is -2.35. The molecule has 2 aromatic rings. The Balaban J connectivity index is 1.52. The average Bonchev–Trinajstić information content (AvgIpc) is 2.79. The Bertz CT molecular complexity index is 959. The first kappa shape index (κ1) is 19.7. The molecule has 0 saturated carbocycles. The van der Waals surface area contributed by atoms with Crippen LogP contribution in [0.3, 0.4) is 0 Å². The zero-order valence-corrected chi connectivity index (χ0v) is 15.8. The molecule has 7 nitrogen and oxygen atoms in total. The maximum absolute atomic E-state index is 12.4. The van der Waals surface area contributed by atoms with Crippen molar-refractivity contribution in [2.75, 3.05) is 36.5 Å². The number of hydrogen-bond acceptors (Lipinski definition) is 6. The van der Waals surface area contributed by atoms with Gasteiger partial charge in [0.1, 0.15) is 12.1 Å². The molecule has 0 bridgehead atoms. The Morgan fingerprint density at radius 2 is 1.62 bits per heavy atom. The summed E-state index contributed by atoms with van der Waals surface area (Å²) in [6, 6.07) is 20.7. The van der Waals surface area contributed by atoms with Crippen LogP contribution in [0.4, 0.5) is 11.4 Å². The monoisotopic (exact) mass is 384 g/mol. The molecule has 1 aliphatic rings. The van der Waals surface area contributed by atoms with E-state index in [1.165, 1.54) is 0 Å². The van der Waals surface area contributed by atoms with Gasteiger partial charge in [-0.05, 0) is 35.9 Å². The summed E-state index contributed by atoms with van der Waals surface area (Å²) in [7, 11) is 0. The van der Waals surface area contributed by atoms with Crippen LogP contribution >= 0.6 is 0 Å². The fourth-order valence-corrected chi connectivity index (χ4v) is 2.96. The van der Waals surface area contributed by atoms with Crippen molar-refractivity contribution in [2.45, 2.75) is 0 Å². The van der Waals surface area contributed by atoms with Gasteiger partial charge in [0.25, 0.3) is 0 Å². The van der Waals surface area contributed by atoms with E-state index in [1.54, 1.807) is 18.2 Å². The Kier molecular flexibility index (Phi) is 6.59. The van der Waals surface area contributed by atoms with Gasteiger partial charge in [0, 0.05) is 37.9 Å². The second-order valence-electron chi connectivity index (χ2n) is 6.40. The van der Waals surface area contributed by atoms with E-state index in [9.17, 15) is 4.79 Å². The van der Waals surface area contributed by atoms with E-state index in [0.29, 0.717) is 18.8 Å². The van der Waals surface area contributed by atoms with Crippen LogP contribution in [0.1, 0.15) is 5.56 Å². The Morgan fingerprint density at radius 1 is 0.966 bits per heavy atom. The minimum atomic E-state index is -0.226. The van der Waals surface area contributed by atoms with E-state index in [4.69, 9.17) is 10.5 Å². The van der Waals surface area contributed by atoms with E-state index >= 15 is 0 Å². The summed E-state index contributed by atoms with van der Waals surface area (Å²) in [5.41, 5.74) is 5.21. The number of nitriles is 2. The van der Waals surface area contributed by atoms with Crippen molar-refractivity contribution in [1.82, 2.24) is 4.90 Å². The zero-order chi connectivity index (χ0) is 20.5. The molecule has 1 aliphatic heterocycles. The van der Waals surface area contributed by atoms with Gasteiger partial charge in [0.2, 0.25) is 11.6 Å². The zero-order valence-electron chi connectivity index (χ0n) is 15.8. The number of benzene rings is 2. The molecule has 3 rings (SSSR count). The van der Waals surface area contributed by atoms with E-state index < -0.39 is 0 Å². The van der Waals surface area contributed by atoms with Crippen molar-refractivity contribution < 1.29 is 4.79 Å². The van der Waals surface area contributed by atoms with Gasteiger partial charge in [-0.25, -0.2) is 0 Å². The van der Waals surface area contributed by atoms with Crippen LogP contribution in [0.25, 0.3) is 6.08 Å². The molecule has 1 N–H and O–H groups in total. The minimum Gasteiger partial charge on any atom is -0.368 e. The van der Waals surface area contributed by atoms with Crippen molar-refractivity contribution in [3.05, 3.63) is 66.2 Å². The number of hydrazone groups is 1. The van der Waals surface area contributed by atoms with Crippen molar-refractivity contribution in [3.63, 3.8) is 0 Å². The van der Waals surface area contributed by atoms with Crippen molar-refractivity contribution in [3.8, 4) is 12.1 Å². The Hall–Kier alpha value is -4.10. The van der Waals surface area contributed by atoms with Crippen LogP contribution in [0.15, 0.2) is 65.8 Å². The molecule has 0 aliphatic carbocycles. The maximum atomic E-state index is 12.4. The predicted molar refractivity (Wildman–Crippen MR) is 113 cm³/mol. The number of anilines is 2. The fraction of sp³-hybridized carbons (Fsp3) is 0.182. The summed E-state index contributed by atoms with van der Waals surface area (Å²) >= 11 is 0. The number of piperazine rings is 1. The second-order valence-corrected chi connectivity index (χ2v) is 6.40. The van der Waals surface area contributed by atoms with Gasteiger partial charge >= 0.3 is 0 Å². The molecule has 1 fully saturated rings. The highest BCUT2D eigenvalue weighted by atomic mass is 16.2. The first-order valence-corrected chi connectivity index (χ1v) is 9.20. The Labute approximate surface area is 169 Å². The van der Waals surface area contributed by atoms with Crippen LogP contribution in [0.5, 0.6) is 0 Å². The van der Waals surface area contributed by atoms with E-state index in [1.807, 2.05) is 65.6 Å². The number of nitrogens with zero attached hydrogens (tertiary/aromatic N) is 5. The summed E-state index contributed by atoms with van der Waals surface area (Å²) in [5, 5.41) is 21.1. The summed E-state index contributed by atoms with van der Waals surface area (Å²) in [4.78, 5) is 16.5. The third kappa shape index (κ3) is 5.44. The summed E-state index contributed by atoms with van der Waals surface area (Å²) < 4.78 is 0. The molecule has 0 spiro atoms. The third-order valence-electron chi connectivity index (χ3n) is 4.55. The van der Waals surface area contributed by atoms with Crippen LogP contribution in [0.2, 0.25) is 0 Å². The molecule has 2 aromatic carbocycles. The highest BCUT2D eigenvalue weighted by Crippen LogP contribution is 2.20. The van der Waals surface area contributed by atoms with Crippen LogP contribution in [0, 0.1) is 22.7 Å². The molecule has 1 saturated heterocycles. The van der Waals surface area contributed by atoms with Crippen LogP contribution in [-0.4, -0.2) is 42.7 Å². The molecule has 1 amide bonds. The quantitative estimate of drug-likeness (QED) is 0.486. The van der Waals surface area contributed by atoms with Crippen LogP contribution in [-0.2, 0) is 4.79 Å². The van der Waals surface area contributed by atoms with Gasteiger partial charge in [0.05, 0.1) is 5.69 Å². The first-order valence-electron chi connectivity index (χ1n) is 9.20. The topological polar surface area (TPSA) is 95.5 Å². The number of rotatable bonds is 5. The van der Waals surface area contributed by atoms with Crippen molar-refractivity contribution >= 4 is 29.1 Å². The lowest BCUT2D eigenvalue weighted by Crippen LogP contribution is -2.48. The fourth-order valence-electron chi connectivity index (χ4n) is 2.96. The van der Waals surface area contributed by atoms with Gasteiger partial charge in [0.15, 0.2) is 0 Å². The second kappa shape index (κ2) is 9.72. The molecular formula is C22H20N6O. The van der Waals surface area contributed by atoms with Gasteiger partial charge in [-0.3, -0.25) is 10.2 Å². The minimum absolute atomic E-state index is 0.0247. The lowest BCUT2D eigenvalue weighted by atomic mass is 10.2. The SMILES string of the molecule is N#CC(C#N)=NNc1ccc(N2CCN(C(=O)C=Cc3ccccc3)CC2)cc1. The predicted octanol–water partition coefficient (Wildman–Crippen LogP) is 2.86. The van der Waals surface area contributed by atoms with Crippen molar-refractivity contribution in [1.29, 1.82) is 10.5 Å². The molecule has 29 heavy (non-hydrogen) atoms. The standard InChI is InChI=1S/C22H20N6O/c23-16-20(17-24)26-25-19-7-9-21(10-8-19)27-12-14-28(15-13-27)22(29)11-6-18-4-2-1-3-5-18/h1-11,25H,12-15H2. The number of hydrogen-bond donors (Lipinski definition) is 1. The van der Waals surface area contributed by atoms with Gasteiger partial charge in [-0.2, -0.15) is 15.6 Å². The summed E-state index contributed by atoms with van der Waals surface area (Å²) in [6.07, 6.45) is 3.47. The summed E-state index contributed by atoms with van der Waals surface area (Å²) in [5.74, 6) is 0.0247. The molecule has 0 aromatic heterocycles. The molecule has 0 atom stereocenters. The highest BCUT2D eigenvalue weighted by Gasteiger charge is 2.19. The number of carbonyl (C=O) groups excluding carboxylic acids is 1. The number of carbonyl (C=O) groups is 1. The van der Waals surface area contributed by atoms with E-state index in [-0.39, 0.29) is 11.6 Å². The maximum Gasteiger partial charge on any atom is 0.246 e. The van der Waals surface area contributed by atoms with Crippen molar-refractivity contribution in [2.24, 2.45) is 5.10 Å². The smallest absolute Gasteiger partial charge is 0.246 e. The molecule has 0 unspecified atom stereocenters. The van der Waals surface area contributed by atoms with Gasteiger partial charge in [-0.15, -0.1) is 0 Å². The largest absolute Gasteiger partial charge is 0.368 e. The van der Waals surface area contributed by atoms with E-state index in [0.717, 1.165) is 24.3 Å². The molecule has 144 valence electrons. The molecular weight excluding hydrogens is 364 g/mol. The highest BCUT2D eigenvalue weighted by molar-refractivity contribution is 6.10. The molecule has 1 heterocycles. The lowest BCUT2D eigenvalue weighted by molar-refractivity contribution is -0.126. The Morgan fingerprint density at radius 3 is 2.24 bits per heavy atom. The van der Waals surface area contributed by atoms with Gasteiger partial charge in [-0.1, -0.05) is 30.3 Å². The van der Waals surface area contributed by atoms with Gasteiger partial charge < -0.3 is 9.80 Å². The van der Waals surface area contributed by atoms with Crippen LogP contribution < -0.4 is 10.3 Å². The molecule has 7 heteroatoms. The third-order valence-corrected chi connectivity index (χ3v) is 4.55. The number of nitrogens with one attached hydrogen (secondary N) is 1. The molecule has 0 radical (unpaired) electrons. The number of amides is 1. The van der Waals surface area contributed by atoms with E-state index in [2.05, 4.69) is 15.4 Å². The summed E-state index contributed by atoms with van der Waals surface area (Å²) in [6.45, 7) is 2.83. The average molecular weight is 384 g/mol. The first-order chi connectivity index (χ1) is 14.2. The normalized spacial score (nSPS) is 13.4.